The van der Waals surface area contributed by atoms with Gasteiger partial charge >= 0.3 is 0 Å². The van der Waals surface area contributed by atoms with Crippen molar-refractivity contribution in [2.24, 2.45) is 10.8 Å². The number of rotatable bonds is 13. The standard InChI is InChI=1S/C23H31N3O4S2.C19H26N2O6S3.C5H9NO/c1-22(2,27)18-5-7-19(8-6-18)26-10-9-25(32(28,29)21-4-3-11-31-21)13-20(26)12-24-14-23(15-24)16-30-17-23;1-19(2,22)15-6-8-16(9-7-15)21-11-10-20(13-17(21)14-27-29(3,23)24)30(25,26)18-5-4-12-28-18;1-5(2-6-1)3-7-4-5/h3-8,11,20,27H,9-10,12-17H2,1-2H3;4-9,12,17,22H,10-11,13-14H2,1-3H3;6H,1-4H2/t20-;17-;/m01./s1. The Hall–Kier alpha value is -3.07. The molecular weight excluding hydrogens is 985 g/mol. The SMILES string of the molecule is C1NCC12COC2.CC(C)(O)c1ccc(N2CCN(S(=O)(=O)c3cccs3)C[C@@H]2CN2CC3(COC3)C2)cc1.CC(C)(O)c1ccc(N2CCN(S(=O)(=O)c3cccs3)C[C@@H]2COS(C)(=O)=O)cc1. The van der Waals surface area contributed by atoms with Crippen molar-refractivity contribution in [3.8, 4) is 0 Å². The number of hydrogen-bond acceptors (Lipinski definition) is 17. The number of piperazine rings is 2. The Labute approximate surface area is 415 Å². The van der Waals surface area contributed by atoms with E-state index in [1.54, 1.807) is 73.8 Å². The number of likely N-dealkylation sites (tertiary alicyclic amines) is 1. The normalized spacial score (nSPS) is 23.1. The number of anilines is 2. The van der Waals surface area contributed by atoms with E-state index in [2.05, 4.69) is 15.1 Å². The summed E-state index contributed by atoms with van der Waals surface area (Å²) < 4.78 is 94.4. The largest absolute Gasteiger partial charge is 0.386 e. The number of thiophene rings is 2. The van der Waals surface area contributed by atoms with Gasteiger partial charge in [-0.3, -0.25) is 9.08 Å². The lowest BCUT2D eigenvalue weighted by Crippen LogP contribution is -2.69. The maximum Gasteiger partial charge on any atom is 0.264 e. The molecule has 6 aliphatic heterocycles. The van der Waals surface area contributed by atoms with Gasteiger partial charge in [0.05, 0.1) is 62.6 Å². The van der Waals surface area contributed by atoms with Crippen molar-refractivity contribution < 1.29 is 49.1 Å². The van der Waals surface area contributed by atoms with Crippen LogP contribution >= 0.6 is 22.7 Å². The second-order valence-electron chi connectivity index (χ2n) is 20.2. The summed E-state index contributed by atoms with van der Waals surface area (Å²) in [5, 5.41) is 27.2. The quantitative estimate of drug-likeness (QED) is 0.164. The monoisotopic (exact) mass is 1050 g/mol. The number of aliphatic hydroxyl groups is 2. The van der Waals surface area contributed by atoms with Crippen molar-refractivity contribution in [3.63, 3.8) is 0 Å². The third-order valence-corrected chi connectivity index (χ3v) is 20.6. The Morgan fingerprint density at radius 3 is 1.42 bits per heavy atom. The van der Waals surface area contributed by atoms with Crippen LogP contribution in [0, 0.1) is 10.8 Å². The van der Waals surface area contributed by atoms with Crippen LogP contribution in [0.5, 0.6) is 0 Å². The molecule has 22 heteroatoms. The van der Waals surface area contributed by atoms with E-state index in [0.29, 0.717) is 41.2 Å². The molecule has 3 N–H and O–H groups in total. The van der Waals surface area contributed by atoms with Gasteiger partial charge in [0.2, 0.25) is 0 Å². The lowest BCUT2D eigenvalue weighted by molar-refractivity contribution is -0.189. The number of benzene rings is 2. The summed E-state index contributed by atoms with van der Waals surface area (Å²) in [5.41, 5.74) is 2.56. The van der Waals surface area contributed by atoms with Gasteiger partial charge in [0.1, 0.15) is 8.42 Å². The third kappa shape index (κ3) is 12.2. The van der Waals surface area contributed by atoms with Crippen molar-refractivity contribution in [3.05, 3.63) is 94.7 Å². The van der Waals surface area contributed by atoms with Crippen LogP contribution in [0.25, 0.3) is 0 Å². The zero-order valence-electron chi connectivity index (χ0n) is 39.9. The second-order valence-corrected chi connectivity index (χ2v) is 28.1. The molecule has 0 unspecified atom stereocenters. The van der Waals surface area contributed by atoms with Gasteiger partial charge in [-0.2, -0.15) is 17.0 Å². The molecule has 380 valence electrons. The van der Waals surface area contributed by atoms with Gasteiger partial charge in [0.25, 0.3) is 30.2 Å². The molecule has 2 atom stereocenters. The van der Waals surface area contributed by atoms with Crippen LogP contribution in [0.1, 0.15) is 38.8 Å². The molecule has 0 bridgehead atoms. The summed E-state index contributed by atoms with van der Waals surface area (Å²) >= 11 is 2.42. The van der Waals surface area contributed by atoms with Crippen molar-refractivity contribution >= 4 is 64.2 Å². The Morgan fingerprint density at radius 2 is 1.09 bits per heavy atom. The smallest absolute Gasteiger partial charge is 0.264 e. The van der Waals surface area contributed by atoms with Crippen LogP contribution < -0.4 is 15.1 Å². The molecule has 17 nitrogen and oxygen atoms in total. The third-order valence-electron chi connectivity index (χ3n) is 13.6. The highest BCUT2D eigenvalue weighted by atomic mass is 32.3. The molecule has 6 aliphatic rings. The maximum atomic E-state index is 13.2. The molecule has 6 fully saturated rings. The van der Waals surface area contributed by atoms with Crippen molar-refractivity contribution in [1.82, 2.24) is 18.8 Å². The number of ether oxygens (including phenoxy) is 2. The second kappa shape index (κ2) is 20.4. The van der Waals surface area contributed by atoms with Gasteiger partial charge in [0, 0.05) is 94.2 Å². The Kier molecular flexibility index (Phi) is 15.5. The van der Waals surface area contributed by atoms with Crippen LogP contribution in [0.15, 0.2) is 92.0 Å². The Bertz CT molecular complexity index is 2640. The molecule has 10 rings (SSSR count). The van der Waals surface area contributed by atoms with Gasteiger partial charge in [-0.15, -0.1) is 22.7 Å². The molecule has 6 saturated heterocycles. The van der Waals surface area contributed by atoms with E-state index >= 15 is 0 Å². The highest BCUT2D eigenvalue weighted by molar-refractivity contribution is 7.91. The fourth-order valence-corrected chi connectivity index (χ4v) is 15.1. The summed E-state index contributed by atoms with van der Waals surface area (Å²) in [5.74, 6) is 0. The van der Waals surface area contributed by atoms with Crippen LogP contribution in [-0.4, -0.2) is 172 Å². The Morgan fingerprint density at radius 1 is 0.652 bits per heavy atom. The molecule has 2 aromatic carbocycles. The lowest BCUT2D eigenvalue weighted by Gasteiger charge is -2.56. The molecule has 0 aliphatic carbocycles. The van der Waals surface area contributed by atoms with Crippen molar-refractivity contribution in [2.45, 2.75) is 59.4 Å². The summed E-state index contributed by atoms with van der Waals surface area (Å²) in [4.78, 5) is 6.70. The highest BCUT2D eigenvalue weighted by Crippen LogP contribution is 2.39. The van der Waals surface area contributed by atoms with E-state index in [0.717, 1.165) is 86.2 Å². The summed E-state index contributed by atoms with van der Waals surface area (Å²) in [6.07, 6.45) is 0.971. The molecule has 2 spiro atoms. The van der Waals surface area contributed by atoms with E-state index in [1.807, 2.05) is 46.7 Å². The first-order valence-electron chi connectivity index (χ1n) is 23.2. The number of nitrogens with zero attached hydrogens (tertiary/aromatic N) is 5. The first kappa shape index (κ1) is 52.3. The fourth-order valence-electron chi connectivity index (χ4n) is 9.44. The van der Waals surface area contributed by atoms with Crippen molar-refractivity contribution in [1.29, 1.82) is 0 Å². The first-order chi connectivity index (χ1) is 32.5. The van der Waals surface area contributed by atoms with Gasteiger partial charge in [0.15, 0.2) is 0 Å². The van der Waals surface area contributed by atoms with E-state index in [4.69, 9.17) is 13.7 Å². The molecule has 0 saturated carbocycles. The van der Waals surface area contributed by atoms with Crippen LogP contribution in [0.4, 0.5) is 11.4 Å². The molecule has 8 heterocycles. The van der Waals surface area contributed by atoms with Gasteiger partial charge in [-0.1, -0.05) is 36.4 Å². The average molecular weight is 1050 g/mol. The number of nitrogens with one attached hydrogen (secondary N) is 1. The molecule has 0 amide bonds. The van der Waals surface area contributed by atoms with Gasteiger partial charge in [-0.25, -0.2) is 16.8 Å². The van der Waals surface area contributed by atoms with Gasteiger partial charge < -0.3 is 34.8 Å². The Balaban J connectivity index is 0.000000162. The van der Waals surface area contributed by atoms with Crippen LogP contribution in [-0.2, 0) is 55.0 Å². The van der Waals surface area contributed by atoms with Crippen LogP contribution in [0.2, 0.25) is 0 Å². The van der Waals surface area contributed by atoms with Gasteiger partial charge in [-0.05, 0) is 86.0 Å². The molecule has 0 radical (unpaired) electrons. The molecule has 2 aromatic heterocycles. The minimum Gasteiger partial charge on any atom is -0.386 e. The lowest BCUT2D eigenvalue weighted by atomic mass is 9.78. The average Bonchev–Trinajstić information content (AvgIpc) is 3.99. The van der Waals surface area contributed by atoms with E-state index in [1.165, 1.54) is 28.7 Å². The van der Waals surface area contributed by atoms with E-state index < -0.39 is 47.4 Å². The summed E-state index contributed by atoms with van der Waals surface area (Å²) in [6.45, 7) is 18.0. The first-order valence-corrected chi connectivity index (χ1v) is 29.6. The topological polar surface area (TPSA) is 199 Å². The number of sulfonamides is 2. The van der Waals surface area contributed by atoms with Crippen molar-refractivity contribution in [2.75, 3.05) is 121 Å². The number of hydrogen-bond donors (Lipinski definition) is 3. The highest BCUT2D eigenvalue weighted by Gasteiger charge is 2.50. The summed E-state index contributed by atoms with van der Waals surface area (Å²) in [6, 6.07) is 21.6. The van der Waals surface area contributed by atoms with E-state index in [-0.39, 0.29) is 29.9 Å². The van der Waals surface area contributed by atoms with Crippen LogP contribution in [0.3, 0.4) is 0 Å². The molecule has 4 aromatic rings. The minimum atomic E-state index is -3.68. The fraction of sp³-hybridized carbons (Fsp3) is 0.574. The van der Waals surface area contributed by atoms with E-state index in [9.17, 15) is 35.5 Å². The summed E-state index contributed by atoms with van der Waals surface area (Å²) in [7, 11) is -10.8. The molecular formula is C47H66N6O11S5. The predicted molar refractivity (Wildman–Crippen MR) is 268 cm³/mol. The predicted octanol–water partition coefficient (Wildman–Crippen LogP) is 3.62. The maximum absolute atomic E-state index is 13.2. The zero-order chi connectivity index (χ0) is 49.5. The zero-order valence-corrected chi connectivity index (χ0v) is 44.0. The minimum absolute atomic E-state index is 0.0600. The molecule has 69 heavy (non-hydrogen) atoms.